The van der Waals surface area contributed by atoms with Crippen molar-refractivity contribution in [1.82, 2.24) is 19.7 Å². The molecule has 0 saturated heterocycles. The van der Waals surface area contributed by atoms with E-state index in [0.717, 1.165) is 16.5 Å². The Kier molecular flexibility index (Phi) is 8.48. The van der Waals surface area contributed by atoms with Gasteiger partial charge in [-0.05, 0) is 77.6 Å². The third kappa shape index (κ3) is 6.24. The lowest BCUT2D eigenvalue weighted by Gasteiger charge is -2.39. The van der Waals surface area contributed by atoms with Crippen LogP contribution in [0.2, 0.25) is 5.31 Å². The van der Waals surface area contributed by atoms with E-state index in [9.17, 15) is 9.18 Å². The number of hydrogen-bond acceptors (Lipinski definition) is 7. The van der Waals surface area contributed by atoms with Gasteiger partial charge < -0.3 is 9.47 Å². The highest BCUT2D eigenvalue weighted by Crippen LogP contribution is 2.48. The highest BCUT2D eigenvalue weighted by molar-refractivity contribution is 8.22. The molecule has 0 spiro atoms. The van der Waals surface area contributed by atoms with Crippen LogP contribution in [-0.2, 0) is 10.0 Å². The molecule has 2 aromatic heterocycles. The van der Waals surface area contributed by atoms with Crippen LogP contribution in [0.3, 0.4) is 0 Å². The van der Waals surface area contributed by atoms with Crippen molar-refractivity contribution in [2.75, 3.05) is 6.61 Å². The van der Waals surface area contributed by atoms with Crippen LogP contribution in [0.5, 0.6) is 5.75 Å². The first-order chi connectivity index (χ1) is 16.7. The maximum absolute atomic E-state index is 14.0. The van der Waals surface area contributed by atoms with E-state index in [2.05, 4.69) is 15.1 Å². The standard InChI is InChI=1S/C23H25B2ClFN4O3PS/c1-6-33-19(32)17-10-18(31(30-17)15-11-28-20(29-12-15)23(25,27)35)14-7-13(2)8-16(9-14)34-22(5,36-26)21(3,4)24/h7-12H,6,35H2,1-5H3. The van der Waals surface area contributed by atoms with Gasteiger partial charge in [-0.2, -0.15) is 5.10 Å². The third-order valence-electron chi connectivity index (χ3n) is 5.40. The van der Waals surface area contributed by atoms with Crippen molar-refractivity contribution in [3.8, 4) is 22.7 Å². The summed E-state index contributed by atoms with van der Waals surface area (Å²) in [5.41, 5.74) is 2.55. The lowest BCUT2D eigenvalue weighted by Crippen LogP contribution is -2.38. The Balaban J connectivity index is 2.14. The van der Waals surface area contributed by atoms with E-state index < -0.39 is 21.5 Å². The molecule has 4 radical (unpaired) electrons. The van der Waals surface area contributed by atoms with Crippen LogP contribution in [-0.4, -0.2) is 53.0 Å². The summed E-state index contributed by atoms with van der Waals surface area (Å²) in [4.78, 5) is 19.5. The third-order valence-corrected chi connectivity index (χ3v) is 7.44. The zero-order chi connectivity index (χ0) is 26.9. The molecule has 2 heterocycles. The van der Waals surface area contributed by atoms with Gasteiger partial charge in [-0.25, -0.2) is 23.8 Å². The first-order valence-electron chi connectivity index (χ1n) is 10.9. The number of benzene rings is 1. The molecule has 0 aliphatic carbocycles. The van der Waals surface area contributed by atoms with Crippen LogP contribution in [0.15, 0.2) is 36.7 Å². The molecule has 186 valence electrons. The Hall–Kier alpha value is -2.09. The molecule has 7 nitrogen and oxygen atoms in total. The van der Waals surface area contributed by atoms with E-state index in [0.29, 0.717) is 22.7 Å². The van der Waals surface area contributed by atoms with Gasteiger partial charge in [0.25, 0.3) is 0 Å². The minimum Gasteiger partial charge on any atom is -0.476 e. The number of nitrogens with zero attached hydrogens (tertiary/aromatic N) is 4. The number of alkyl halides is 1. The van der Waals surface area contributed by atoms with Crippen molar-refractivity contribution in [3.05, 3.63) is 53.7 Å². The molecular formula is C23H25B2ClFN4O3PS. The first kappa shape index (κ1) is 28.5. The van der Waals surface area contributed by atoms with Gasteiger partial charge in [-0.1, -0.05) is 23.1 Å². The Bertz CT molecular complexity index is 1250. The van der Waals surface area contributed by atoms with Gasteiger partial charge in [0.2, 0.25) is 0 Å². The molecule has 3 unspecified atom stereocenters. The fraction of sp³-hybridized carbons (Fsp3) is 0.391. The zero-order valence-electron chi connectivity index (χ0n) is 20.6. The first-order valence-corrected chi connectivity index (χ1v) is 13.2. The normalized spacial score (nSPS) is 15.1. The highest BCUT2D eigenvalue weighted by atomic mass is 35.7. The number of aromatic nitrogens is 4. The number of esters is 1. The van der Waals surface area contributed by atoms with Crippen molar-refractivity contribution >= 4 is 52.6 Å². The molecular weight excluding hydrogens is 519 g/mol. The summed E-state index contributed by atoms with van der Waals surface area (Å²) in [6, 6.07) is 7.13. The number of hydrogen-bond donors (Lipinski definition) is 0. The average Bonchev–Trinajstić information content (AvgIpc) is 3.23. The molecule has 0 amide bonds. The molecule has 0 saturated carbocycles. The minimum atomic E-state index is -2.28. The second-order valence-electron chi connectivity index (χ2n) is 8.96. The summed E-state index contributed by atoms with van der Waals surface area (Å²) in [5, 5.41) is 1.35. The van der Waals surface area contributed by atoms with Crippen molar-refractivity contribution in [2.45, 2.75) is 50.2 Å². The average molecular weight is 545 g/mol. The van der Waals surface area contributed by atoms with Crippen molar-refractivity contribution in [3.63, 3.8) is 0 Å². The van der Waals surface area contributed by atoms with Gasteiger partial charge in [0.1, 0.15) is 24.6 Å². The number of rotatable bonds is 9. The SMILES string of the molecule is [B]C(F)(P)c1ncc(-n2nc(C(=O)OCC)cc2-c2cc(C)cc(OC(C)(SCl)C([B])(C)C)c2)cn1. The fourth-order valence-electron chi connectivity index (χ4n) is 3.14. The minimum absolute atomic E-state index is 0.0776. The topological polar surface area (TPSA) is 79.1 Å². The van der Waals surface area contributed by atoms with E-state index >= 15 is 0 Å². The summed E-state index contributed by atoms with van der Waals surface area (Å²) in [6.07, 6.45) is 2.73. The van der Waals surface area contributed by atoms with E-state index in [4.69, 9.17) is 35.8 Å². The van der Waals surface area contributed by atoms with Gasteiger partial charge in [-0.15, -0.1) is 0 Å². The van der Waals surface area contributed by atoms with Crippen molar-refractivity contribution in [1.29, 1.82) is 0 Å². The molecule has 13 heteroatoms. The van der Waals surface area contributed by atoms with Gasteiger partial charge in [-0.3, -0.25) is 0 Å². The summed E-state index contributed by atoms with van der Waals surface area (Å²) >= 11 is 0. The van der Waals surface area contributed by atoms with Gasteiger partial charge in [0, 0.05) is 5.56 Å². The highest BCUT2D eigenvalue weighted by Gasteiger charge is 2.40. The Morgan fingerprint density at radius 1 is 1.19 bits per heavy atom. The van der Waals surface area contributed by atoms with E-state index in [1.54, 1.807) is 19.1 Å². The molecule has 0 aliphatic heterocycles. The number of carbonyl (C=O) groups is 1. The molecule has 0 fully saturated rings. The van der Waals surface area contributed by atoms with Crippen LogP contribution < -0.4 is 4.74 Å². The Morgan fingerprint density at radius 2 is 1.83 bits per heavy atom. The molecule has 1 aromatic carbocycles. The zero-order valence-corrected chi connectivity index (χ0v) is 23.3. The largest absolute Gasteiger partial charge is 0.476 e. The molecule has 0 bridgehead atoms. The summed E-state index contributed by atoms with van der Waals surface area (Å²) in [7, 11) is 20.7. The van der Waals surface area contributed by atoms with Crippen LogP contribution in [0.25, 0.3) is 16.9 Å². The predicted octanol–water partition coefficient (Wildman–Crippen LogP) is 5.29. The van der Waals surface area contributed by atoms with Crippen molar-refractivity contribution < 1.29 is 18.7 Å². The smallest absolute Gasteiger partial charge is 0.358 e. The maximum atomic E-state index is 14.0. The van der Waals surface area contributed by atoms with E-state index in [1.807, 2.05) is 49.1 Å². The molecule has 3 aromatic rings. The monoisotopic (exact) mass is 544 g/mol. The van der Waals surface area contributed by atoms with Gasteiger partial charge >= 0.3 is 5.97 Å². The summed E-state index contributed by atoms with van der Waals surface area (Å²) < 4.78 is 26.9. The fourth-order valence-corrected chi connectivity index (χ4v) is 4.31. The number of carbonyl (C=O) groups excluding carboxylic acids is 1. The van der Waals surface area contributed by atoms with Crippen molar-refractivity contribution in [2.24, 2.45) is 0 Å². The number of ether oxygens (including phenoxy) is 2. The van der Waals surface area contributed by atoms with Gasteiger partial charge in [0.05, 0.1) is 32.5 Å². The summed E-state index contributed by atoms with van der Waals surface area (Å²) in [5.74, 6) is -0.293. The van der Waals surface area contributed by atoms with Crippen LogP contribution in [0.1, 0.15) is 49.6 Å². The summed E-state index contributed by atoms with van der Waals surface area (Å²) in [6.45, 7) is 9.26. The van der Waals surface area contributed by atoms with Crippen LogP contribution in [0, 0.1) is 6.92 Å². The van der Waals surface area contributed by atoms with Gasteiger partial charge in [0.15, 0.2) is 16.5 Å². The Morgan fingerprint density at radius 3 is 2.36 bits per heavy atom. The second kappa shape index (κ2) is 10.7. The van der Waals surface area contributed by atoms with Crippen LogP contribution >= 0.6 is 30.9 Å². The molecule has 0 aliphatic rings. The quantitative estimate of drug-likeness (QED) is 0.157. The lowest BCUT2D eigenvalue weighted by atomic mass is 9.68. The molecule has 36 heavy (non-hydrogen) atoms. The number of aryl methyl sites for hydroxylation is 1. The molecule has 3 rings (SSSR count). The predicted molar refractivity (Wildman–Crippen MR) is 146 cm³/mol. The lowest BCUT2D eigenvalue weighted by molar-refractivity contribution is 0.0519. The maximum Gasteiger partial charge on any atom is 0.358 e. The number of halogens is 2. The molecule has 0 N–H and O–H groups in total. The van der Waals surface area contributed by atoms with E-state index in [-0.39, 0.29) is 18.1 Å². The Labute approximate surface area is 223 Å². The van der Waals surface area contributed by atoms with Crippen LogP contribution in [0.4, 0.5) is 4.39 Å². The second-order valence-corrected chi connectivity index (χ2v) is 11.2. The van der Waals surface area contributed by atoms with E-state index in [1.165, 1.54) is 17.1 Å². The molecule has 3 atom stereocenters.